The maximum atomic E-state index is 13.9. The summed E-state index contributed by atoms with van der Waals surface area (Å²) < 4.78 is 13.9. The van der Waals surface area contributed by atoms with Crippen molar-refractivity contribution in [2.75, 3.05) is 0 Å². The van der Waals surface area contributed by atoms with Gasteiger partial charge in [-0.05, 0) is 42.2 Å². The van der Waals surface area contributed by atoms with Gasteiger partial charge >= 0.3 is 0 Å². The molecule has 0 aliphatic carbocycles. The molecule has 2 heterocycles. The Morgan fingerprint density at radius 2 is 1.67 bits per heavy atom. The monoisotopic (exact) mass is 349 g/mol. The lowest BCUT2D eigenvalue weighted by atomic mass is 9.92. The van der Waals surface area contributed by atoms with E-state index in [2.05, 4.69) is 48.9 Å². The fourth-order valence-corrected chi connectivity index (χ4v) is 3.67. The van der Waals surface area contributed by atoms with Crippen LogP contribution in [0.15, 0.2) is 12.3 Å². The molecule has 0 radical (unpaired) electrons. The Hall–Kier alpha value is -1.36. The Morgan fingerprint density at radius 1 is 1.00 bits per heavy atom. The van der Waals surface area contributed by atoms with E-state index in [1.807, 2.05) is 20.0 Å². The minimum Gasteiger partial charge on any atom is -0.213 e. The average Bonchev–Trinajstić information content (AvgIpc) is 2.94. The van der Waals surface area contributed by atoms with Crippen molar-refractivity contribution >= 4 is 11.3 Å². The van der Waals surface area contributed by atoms with Gasteiger partial charge < -0.3 is 0 Å². The molecule has 3 nitrogen and oxygen atoms in total. The van der Waals surface area contributed by atoms with Crippen molar-refractivity contribution in [3.05, 3.63) is 39.4 Å². The van der Waals surface area contributed by atoms with Gasteiger partial charge in [-0.15, -0.1) is 11.3 Å². The molecule has 2 aromatic rings. The molecule has 0 saturated heterocycles. The molecule has 0 N–H and O–H groups in total. The van der Waals surface area contributed by atoms with Gasteiger partial charge in [-0.1, -0.05) is 41.5 Å². The first-order valence-electron chi connectivity index (χ1n) is 8.78. The van der Waals surface area contributed by atoms with Gasteiger partial charge in [-0.3, -0.25) is 0 Å². The highest BCUT2D eigenvalue weighted by molar-refractivity contribution is 7.11. The van der Waals surface area contributed by atoms with Crippen LogP contribution < -0.4 is 0 Å². The zero-order chi connectivity index (χ0) is 17.9. The summed E-state index contributed by atoms with van der Waals surface area (Å²) in [4.78, 5) is 4.92. The Morgan fingerprint density at radius 3 is 2.25 bits per heavy atom. The van der Waals surface area contributed by atoms with Crippen LogP contribution in [-0.2, 0) is 0 Å². The molecule has 0 amide bonds. The van der Waals surface area contributed by atoms with Crippen molar-refractivity contribution in [2.24, 2.45) is 0 Å². The largest absolute Gasteiger partial charge is 0.227 e. The molecule has 24 heavy (non-hydrogen) atoms. The number of rotatable bonds is 7. The molecule has 2 rings (SSSR count). The second-order valence-electron chi connectivity index (χ2n) is 7.31. The van der Waals surface area contributed by atoms with Gasteiger partial charge in [0.25, 0.3) is 0 Å². The molecule has 2 unspecified atom stereocenters. The molecule has 132 valence electrons. The molecule has 5 heteroatoms. The summed E-state index contributed by atoms with van der Waals surface area (Å²) in [5, 5.41) is 9.25. The summed E-state index contributed by atoms with van der Waals surface area (Å²) in [6.45, 7) is 12.6. The van der Waals surface area contributed by atoms with Crippen LogP contribution in [0.1, 0.15) is 99.2 Å². The maximum absolute atomic E-state index is 13.9. The van der Waals surface area contributed by atoms with Crippen molar-refractivity contribution in [1.29, 1.82) is 0 Å². The quantitative estimate of drug-likeness (QED) is 0.614. The Labute approximate surface area is 148 Å². The first-order valence-corrected chi connectivity index (χ1v) is 9.59. The summed E-state index contributed by atoms with van der Waals surface area (Å²) in [7, 11) is 0. The van der Waals surface area contributed by atoms with Crippen molar-refractivity contribution in [2.45, 2.75) is 78.1 Å². The van der Waals surface area contributed by atoms with Gasteiger partial charge in [0.2, 0.25) is 5.95 Å². The summed E-state index contributed by atoms with van der Waals surface area (Å²) in [6, 6.07) is 2.16. The molecule has 0 fully saturated rings. The Balaban J connectivity index is 1.99. The van der Waals surface area contributed by atoms with Gasteiger partial charge in [-0.2, -0.15) is 14.6 Å². The minimum atomic E-state index is -0.287. The predicted octanol–water partition coefficient (Wildman–Crippen LogP) is 6.01. The van der Waals surface area contributed by atoms with Crippen LogP contribution in [0.5, 0.6) is 0 Å². The highest BCUT2D eigenvalue weighted by Gasteiger charge is 2.19. The summed E-state index contributed by atoms with van der Waals surface area (Å²) in [5.74, 6) is 0.981. The molecule has 0 bridgehead atoms. The molecule has 0 aliphatic heterocycles. The summed E-state index contributed by atoms with van der Waals surface area (Å²) in [6.07, 6.45) is 3.88. The third kappa shape index (κ3) is 4.59. The van der Waals surface area contributed by atoms with Crippen molar-refractivity contribution in [3.63, 3.8) is 0 Å². The first kappa shape index (κ1) is 19.0. The number of halogens is 1. The summed E-state index contributed by atoms with van der Waals surface area (Å²) in [5.41, 5.74) is 2.27. The van der Waals surface area contributed by atoms with E-state index >= 15 is 0 Å². The van der Waals surface area contributed by atoms with Gasteiger partial charge in [0, 0.05) is 5.92 Å². The molecule has 0 spiro atoms. The van der Waals surface area contributed by atoms with Gasteiger partial charge in [-0.25, -0.2) is 4.98 Å². The van der Waals surface area contributed by atoms with Crippen LogP contribution in [0.4, 0.5) is 4.39 Å². The lowest BCUT2D eigenvalue weighted by Gasteiger charge is -2.15. The highest BCUT2D eigenvalue weighted by Crippen LogP contribution is 2.33. The Bertz CT molecular complexity index is 666. The van der Waals surface area contributed by atoms with E-state index in [0.717, 1.165) is 28.4 Å². The van der Waals surface area contributed by atoms with Crippen molar-refractivity contribution < 1.29 is 4.39 Å². The minimum absolute atomic E-state index is 0.194. The van der Waals surface area contributed by atoms with Crippen molar-refractivity contribution in [3.8, 4) is 0 Å². The van der Waals surface area contributed by atoms with Crippen LogP contribution in [0, 0.1) is 5.95 Å². The molecule has 0 saturated carbocycles. The molecule has 2 aromatic heterocycles. The van der Waals surface area contributed by atoms with Crippen molar-refractivity contribution in [1.82, 2.24) is 15.2 Å². The Kier molecular flexibility index (Phi) is 6.44. The van der Waals surface area contributed by atoms with Crippen LogP contribution in [0.3, 0.4) is 0 Å². The van der Waals surface area contributed by atoms with E-state index < -0.39 is 0 Å². The van der Waals surface area contributed by atoms with Crippen LogP contribution in [-0.4, -0.2) is 15.2 Å². The van der Waals surface area contributed by atoms with Gasteiger partial charge in [0.1, 0.15) is 0 Å². The van der Waals surface area contributed by atoms with E-state index in [-0.39, 0.29) is 17.8 Å². The zero-order valence-electron chi connectivity index (χ0n) is 15.5. The predicted molar refractivity (Wildman–Crippen MR) is 98.3 cm³/mol. The molecule has 0 aromatic carbocycles. The normalized spacial score (nSPS) is 14.4. The van der Waals surface area contributed by atoms with E-state index in [4.69, 9.17) is 0 Å². The lowest BCUT2D eigenvalue weighted by molar-refractivity contribution is 0.542. The van der Waals surface area contributed by atoms with Crippen LogP contribution >= 0.6 is 11.3 Å². The SMILES string of the molecule is CC(C)c1cc(C(C)CCC(C)c2nc(F)c(C(C)C)s2)cnn1. The molecule has 2 atom stereocenters. The second-order valence-corrected chi connectivity index (χ2v) is 8.37. The molecular formula is C19H28FN3S. The highest BCUT2D eigenvalue weighted by atomic mass is 32.1. The van der Waals surface area contributed by atoms with Gasteiger partial charge in [0.15, 0.2) is 0 Å². The molecule has 0 aliphatic rings. The average molecular weight is 350 g/mol. The second kappa shape index (κ2) is 8.15. The third-order valence-corrected chi connectivity index (χ3v) is 6.02. The maximum Gasteiger partial charge on any atom is 0.227 e. The van der Waals surface area contributed by atoms with E-state index in [1.54, 1.807) is 0 Å². The number of hydrogen-bond acceptors (Lipinski definition) is 4. The fraction of sp³-hybridized carbons (Fsp3) is 0.632. The standard InChI is InChI=1S/C19H28FN3S/c1-11(2)16-9-15(10-21-23-16)13(5)7-8-14(6)19-22-18(20)17(24-19)12(3)4/h9-14H,7-8H2,1-6H3. The number of thiazole rings is 1. The number of nitrogens with zero attached hydrogens (tertiary/aromatic N) is 3. The number of aromatic nitrogens is 3. The molecular weight excluding hydrogens is 321 g/mol. The van der Waals surface area contributed by atoms with E-state index in [1.165, 1.54) is 16.9 Å². The lowest BCUT2D eigenvalue weighted by Crippen LogP contribution is -2.03. The number of hydrogen-bond donors (Lipinski definition) is 0. The van der Waals surface area contributed by atoms with Crippen LogP contribution in [0.2, 0.25) is 0 Å². The zero-order valence-corrected chi connectivity index (χ0v) is 16.3. The van der Waals surface area contributed by atoms with Gasteiger partial charge in [0.05, 0.1) is 21.8 Å². The fourth-order valence-electron chi connectivity index (χ4n) is 2.64. The van der Waals surface area contributed by atoms with E-state index in [9.17, 15) is 4.39 Å². The topological polar surface area (TPSA) is 38.7 Å². The summed E-state index contributed by atoms with van der Waals surface area (Å²) >= 11 is 1.52. The first-order chi connectivity index (χ1) is 11.3. The smallest absolute Gasteiger partial charge is 0.213 e. The van der Waals surface area contributed by atoms with Crippen LogP contribution in [0.25, 0.3) is 0 Å². The third-order valence-electron chi connectivity index (χ3n) is 4.46. The van der Waals surface area contributed by atoms with E-state index in [0.29, 0.717) is 11.8 Å².